The highest BCUT2D eigenvalue weighted by molar-refractivity contribution is 7.17. The Bertz CT molecular complexity index is 918. The van der Waals surface area contributed by atoms with Crippen LogP contribution in [0.1, 0.15) is 44.4 Å². The van der Waals surface area contributed by atoms with Gasteiger partial charge in [-0.15, -0.1) is 10.2 Å². The van der Waals surface area contributed by atoms with E-state index in [1.165, 1.54) is 41.9 Å². The molecule has 26 heavy (non-hydrogen) atoms. The minimum Gasteiger partial charge on any atom is -0.489 e. The SMILES string of the molecule is CC(C)Oc1ccc(-c2nnc(-n3ncc4c3CCCCC4)s2)cc1Cl. The number of aromatic nitrogens is 4. The maximum absolute atomic E-state index is 6.36. The minimum atomic E-state index is 0.0848. The van der Waals surface area contributed by atoms with E-state index >= 15 is 0 Å². The summed E-state index contributed by atoms with van der Waals surface area (Å²) in [5.41, 5.74) is 3.56. The van der Waals surface area contributed by atoms with Gasteiger partial charge in [-0.25, -0.2) is 4.68 Å². The first-order chi connectivity index (χ1) is 12.6. The summed E-state index contributed by atoms with van der Waals surface area (Å²) < 4.78 is 7.65. The standard InChI is InChI=1S/C19H21ClN4OS/c1-12(2)25-17-9-8-13(10-15(17)20)18-22-23-19(26-18)24-16-7-5-3-4-6-14(16)11-21-24/h8-12H,3-7H2,1-2H3. The molecule has 1 aliphatic rings. The molecule has 0 amide bonds. The number of nitrogens with zero attached hydrogens (tertiary/aromatic N) is 4. The van der Waals surface area contributed by atoms with Crippen LogP contribution in [0.4, 0.5) is 0 Å². The molecule has 7 heteroatoms. The lowest BCUT2D eigenvalue weighted by Gasteiger charge is -2.11. The Kier molecular flexibility index (Phi) is 4.96. The lowest BCUT2D eigenvalue weighted by atomic mass is 10.1. The molecule has 0 saturated carbocycles. The first-order valence-electron chi connectivity index (χ1n) is 8.98. The normalized spacial score (nSPS) is 14.3. The molecule has 0 aliphatic heterocycles. The van der Waals surface area contributed by atoms with E-state index in [-0.39, 0.29) is 6.10 Å². The molecule has 1 aliphatic carbocycles. The molecule has 0 unspecified atom stereocenters. The molecule has 2 aromatic heterocycles. The quantitative estimate of drug-likeness (QED) is 0.583. The van der Waals surface area contributed by atoms with E-state index < -0.39 is 0 Å². The largest absolute Gasteiger partial charge is 0.489 e. The highest BCUT2D eigenvalue weighted by atomic mass is 35.5. The van der Waals surface area contributed by atoms with Gasteiger partial charge < -0.3 is 4.74 Å². The minimum absolute atomic E-state index is 0.0848. The van der Waals surface area contributed by atoms with Crippen LogP contribution in [0.15, 0.2) is 24.4 Å². The Morgan fingerprint density at radius 1 is 1.15 bits per heavy atom. The van der Waals surface area contributed by atoms with Gasteiger partial charge in [-0.2, -0.15) is 5.10 Å². The Morgan fingerprint density at radius 2 is 2.00 bits per heavy atom. The highest BCUT2D eigenvalue weighted by Gasteiger charge is 2.18. The third-order valence-electron chi connectivity index (χ3n) is 4.45. The van der Waals surface area contributed by atoms with Gasteiger partial charge in [0.15, 0.2) is 0 Å². The fourth-order valence-corrected chi connectivity index (χ4v) is 4.28. The van der Waals surface area contributed by atoms with Crippen molar-refractivity contribution in [2.75, 3.05) is 0 Å². The Morgan fingerprint density at radius 3 is 2.81 bits per heavy atom. The average Bonchev–Trinajstić information content (AvgIpc) is 3.18. The lowest BCUT2D eigenvalue weighted by Crippen LogP contribution is -2.05. The van der Waals surface area contributed by atoms with Crippen molar-refractivity contribution in [3.8, 4) is 21.5 Å². The van der Waals surface area contributed by atoms with Gasteiger partial charge in [0, 0.05) is 5.56 Å². The summed E-state index contributed by atoms with van der Waals surface area (Å²) >= 11 is 7.89. The van der Waals surface area contributed by atoms with Crippen LogP contribution in [0.3, 0.4) is 0 Å². The molecule has 0 N–H and O–H groups in total. The van der Waals surface area contributed by atoms with Crippen LogP contribution in [0.5, 0.6) is 5.75 Å². The second-order valence-electron chi connectivity index (χ2n) is 6.79. The fourth-order valence-electron chi connectivity index (χ4n) is 3.23. The molecule has 3 aromatic rings. The third kappa shape index (κ3) is 3.48. The van der Waals surface area contributed by atoms with E-state index in [2.05, 4.69) is 15.3 Å². The number of benzene rings is 1. The molecular formula is C19H21ClN4OS. The molecule has 136 valence electrons. The number of halogens is 1. The van der Waals surface area contributed by atoms with Gasteiger partial charge in [0.25, 0.3) is 0 Å². The summed E-state index contributed by atoms with van der Waals surface area (Å²) in [6, 6.07) is 5.74. The fraction of sp³-hybridized carbons (Fsp3) is 0.421. The maximum Gasteiger partial charge on any atom is 0.233 e. The van der Waals surface area contributed by atoms with Crippen molar-refractivity contribution >= 4 is 22.9 Å². The van der Waals surface area contributed by atoms with Crippen LogP contribution in [0.2, 0.25) is 5.02 Å². The van der Waals surface area contributed by atoms with E-state index in [1.807, 2.05) is 42.9 Å². The molecule has 0 fully saturated rings. The van der Waals surface area contributed by atoms with Crippen LogP contribution in [-0.4, -0.2) is 26.1 Å². The molecule has 0 bridgehead atoms. The molecule has 0 radical (unpaired) electrons. The van der Waals surface area contributed by atoms with Gasteiger partial charge in [-0.05, 0) is 63.3 Å². The van der Waals surface area contributed by atoms with Crippen molar-refractivity contribution in [2.24, 2.45) is 0 Å². The number of rotatable bonds is 4. The summed E-state index contributed by atoms with van der Waals surface area (Å²) in [5.74, 6) is 0.688. The van der Waals surface area contributed by atoms with Crippen LogP contribution < -0.4 is 4.74 Å². The van der Waals surface area contributed by atoms with E-state index in [0.29, 0.717) is 10.8 Å². The van der Waals surface area contributed by atoms with Crippen molar-refractivity contribution in [1.82, 2.24) is 20.0 Å². The van der Waals surface area contributed by atoms with Gasteiger partial charge in [-0.1, -0.05) is 29.4 Å². The second kappa shape index (κ2) is 7.37. The van der Waals surface area contributed by atoms with Gasteiger partial charge in [0.2, 0.25) is 5.13 Å². The number of ether oxygens (including phenoxy) is 1. The monoisotopic (exact) mass is 388 g/mol. The van der Waals surface area contributed by atoms with Crippen LogP contribution in [0, 0.1) is 0 Å². The van der Waals surface area contributed by atoms with Crippen molar-refractivity contribution in [2.45, 2.75) is 52.1 Å². The second-order valence-corrected chi connectivity index (χ2v) is 8.15. The molecule has 0 spiro atoms. The zero-order valence-corrected chi connectivity index (χ0v) is 16.5. The van der Waals surface area contributed by atoms with E-state index in [9.17, 15) is 0 Å². The first-order valence-corrected chi connectivity index (χ1v) is 10.2. The maximum atomic E-state index is 6.36. The summed E-state index contributed by atoms with van der Waals surface area (Å²) in [6.07, 6.45) is 7.95. The predicted molar refractivity (Wildman–Crippen MR) is 105 cm³/mol. The molecule has 4 rings (SSSR count). The highest BCUT2D eigenvalue weighted by Crippen LogP contribution is 2.33. The smallest absolute Gasteiger partial charge is 0.233 e. The van der Waals surface area contributed by atoms with E-state index in [4.69, 9.17) is 16.3 Å². The average molecular weight is 389 g/mol. The predicted octanol–water partition coefficient (Wildman–Crippen LogP) is 5.10. The topological polar surface area (TPSA) is 52.8 Å². The molecular weight excluding hydrogens is 368 g/mol. The lowest BCUT2D eigenvalue weighted by molar-refractivity contribution is 0.242. The number of hydrogen-bond donors (Lipinski definition) is 0. The molecule has 2 heterocycles. The summed E-state index contributed by atoms with van der Waals surface area (Å²) in [5, 5.41) is 15.5. The molecule has 1 aromatic carbocycles. The van der Waals surface area contributed by atoms with Gasteiger partial charge in [0.05, 0.1) is 23.0 Å². The Labute approximate surface area is 162 Å². The third-order valence-corrected chi connectivity index (χ3v) is 5.70. The van der Waals surface area contributed by atoms with Crippen LogP contribution in [-0.2, 0) is 12.8 Å². The number of fused-ring (bicyclic) bond motifs is 1. The Balaban J connectivity index is 1.63. The summed E-state index contributed by atoms with van der Waals surface area (Å²) in [6.45, 7) is 3.96. The first kappa shape index (κ1) is 17.5. The van der Waals surface area contributed by atoms with Gasteiger partial charge >= 0.3 is 0 Å². The van der Waals surface area contributed by atoms with Crippen LogP contribution in [0.25, 0.3) is 15.7 Å². The molecule has 0 atom stereocenters. The van der Waals surface area contributed by atoms with Gasteiger partial charge in [-0.3, -0.25) is 0 Å². The molecule has 0 saturated heterocycles. The van der Waals surface area contributed by atoms with Crippen LogP contribution >= 0.6 is 22.9 Å². The summed E-state index contributed by atoms with van der Waals surface area (Å²) in [7, 11) is 0. The van der Waals surface area contributed by atoms with Crippen molar-refractivity contribution in [1.29, 1.82) is 0 Å². The number of aryl methyl sites for hydroxylation is 1. The molecule has 5 nitrogen and oxygen atoms in total. The van der Waals surface area contributed by atoms with E-state index in [1.54, 1.807) is 0 Å². The van der Waals surface area contributed by atoms with E-state index in [0.717, 1.165) is 28.5 Å². The number of hydrogen-bond acceptors (Lipinski definition) is 5. The van der Waals surface area contributed by atoms with Crippen molar-refractivity contribution in [3.63, 3.8) is 0 Å². The zero-order chi connectivity index (χ0) is 18.1. The summed E-state index contributed by atoms with van der Waals surface area (Å²) in [4.78, 5) is 0. The van der Waals surface area contributed by atoms with Gasteiger partial charge in [0.1, 0.15) is 10.8 Å². The van der Waals surface area contributed by atoms with Crippen molar-refractivity contribution in [3.05, 3.63) is 40.7 Å². The van der Waals surface area contributed by atoms with Crippen molar-refractivity contribution < 1.29 is 4.74 Å². The zero-order valence-electron chi connectivity index (χ0n) is 14.9. The Hall–Kier alpha value is -1.92.